The van der Waals surface area contributed by atoms with Gasteiger partial charge in [-0.2, -0.15) is 15.2 Å². The number of hydrogen-bond donors (Lipinski definition) is 0. The summed E-state index contributed by atoms with van der Waals surface area (Å²) in [5, 5.41) is 12.6. The summed E-state index contributed by atoms with van der Waals surface area (Å²) in [5.41, 5.74) is 2.58. The maximum Gasteiger partial charge on any atom is 0.410 e. The lowest BCUT2D eigenvalue weighted by Crippen LogP contribution is -2.58. The van der Waals surface area contributed by atoms with Crippen LogP contribution in [0.5, 0.6) is 6.01 Å². The van der Waals surface area contributed by atoms with Crippen LogP contribution in [0.1, 0.15) is 57.7 Å². The molecule has 4 aliphatic heterocycles. The number of benzene rings is 2. The van der Waals surface area contributed by atoms with Gasteiger partial charge < -0.3 is 24.2 Å². The smallest absolute Gasteiger partial charge is 0.410 e. The Morgan fingerprint density at radius 1 is 1.11 bits per heavy atom. The van der Waals surface area contributed by atoms with Crippen molar-refractivity contribution >= 4 is 40.0 Å². The zero-order valence-corrected chi connectivity index (χ0v) is 28.5. The molecule has 0 aliphatic carbocycles. The van der Waals surface area contributed by atoms with Crippen LogP contribution in [0.3, 0.4) is 0 Å². The first kappa shape index (κ1) is 31.8. The number of amides is 1. The van der Waals surface area contributed by atoms with E-state index in [2.05, 4.69) is 52.1 Å². The maximum atomic E-state index is 13.4. The lowest BCUT2D eigenvalue weighted by molar-refractivity contribution is 0.0105. The van der Waals surface area contributed by atoms with Crippen molar-refractivity contribution in [1.82, 2.24) is 19.8 Å². The number of rotatable bonds is 6. The van der Waals surface area contributed by atoms with E-state index >= 15 is 0 Å². The van der Waals surface area contributed by atoms with E-state index in [0.29, 0.717) is 44.7 Å². The third-order valence-electron chi connectivity index (χ3n) is 10.2. The zero-order valence-electron chi connectivity index (χ0n) is 27.8. The molecule has 3 saturated heterocycles. The van der Waals surface area contributed by atoms with Crippen LogP contribution in [-0.2, 0) is 17.7 Å². The standard InChI is InChI=1S/C36H44ClN7O3/c1-36(2,3)47-35(45)44-26-18-24(13-15-38)31(44)21-43(19-26)33-27-14-17-42(30-12-6-9-23-8-5-11-28(37)32(23)30)20-29(27)39-34(40-33)46-22-25-10-7-16-41(25)4/h5-6,8-9,11-12,24-26,31H,7,10,13-14,16-22H2,1-4H3/t24-,25+,26-,31-/m1/s1. The van der Waals surface area contributed by atoms with Gasteiger partial charge in [0.2, 0.25) is 0 Å². The number of likely N-dealkylation sites (tertiary alicyclic amines) is 1. The number of aromatic nitrogens is 2. The molecule has 1 aromatic heterocycles. The molecule has 0 N–H and O–H groups in total. The summed E-state index contributed by atoms with van der Waals surface area (Å²) in [5.74, 6) is 0.970. The van der Waals surface area contributed by atoms with Gasteiger partial charge in [0.1, 0.15) is 18.0 Å². The van der Waals surface area contributed by atoms with Crippen LogP contribution in [0, 0.1) is 17.2 Å². The first-order chi connectivity index (χ1) is 22.6. The molecule has 2 bridgehead atoms. The monoisotopic (exact) mass is 657 g/mol. The van der Waals surface area contributed by atoms with Crippen molar-refractivity contribution in [3.8, 4) is 12.1 Å². The maximum absolute atomic E-state index is 13.4. The molecule has 10 nitrogen and oxygen atoms in total. The summed E-state index contributed by atoms with van der Waals surface area (Å²) in [6, 6.07) is 15.2. The number of hydrogen-bond acceptors (Lipinski definition) is 9. The van der Waals surface area contributed by atoms with Gasteiger partial charge in [-0.3, -0.25) is 4.90 Å². The molecule has 0 radical (unpaired) electrons. The minimum absolute atomic E-state index is 0.0676. The third kappa shape index (κ3) is 6.28. The van der Waals surface area contributed by atoms with Crippen LogP contribution >= 0.6 is 11.6 Å². The predicted octanol–water partition coefficient (Wildman–Crippen LogP) is 6.05. The Kier molecular flexibility index (Phi) is 8.56. The average molecular weight is 658 g/mol. The SMILES string of the molecule is CN1CCC[C@H]1COc1nc2c(c(N3C[C@H]4C[C@@H](CC#N)[C@@H](C3)N4C(=O)OC(C)(C)C)n1)CCN(c1cccc3cccc(Cl)c13)C2. The second-order valence-corrected chi connectivity index (χ2v) is 14.9. The highest BCUT2D eigenvalue weighted by atomic mass is 35.5. The van der Waals surface area contributed by atoms with Gasteiger partial charge in [-0.05, 0) is 83.5 Å². The van der Waals surface area contributed by atoms with Gasteiger partial charge in [0.25, 0.3) is 0 Å². The molecule has 248 valence electrons. The number of anilines is 2. The van der Waals surface area contributed by atoms with E-state index in [4.69, 9.17) is 31.0 Å². The Balaban J connectivity index is 1.22. The fraction of sp³-hybridized carbons (Fsp3) is 0.556. The quantitative estimate of drug-likeness (QED) is 0.314. The second-order valence-electron chi connectivity index (χ2n) is 14.5. The molecule has 11 heteroatoms. The number of carbonyl (C=O) groups is 1. The fourth-order valence-electron chi connectivity index (χ4n) is 8.00. The molecule has 0 spiro atoms. The predicted molar refractivity (Wildman–Crippen MR) is 183 cm³/mol. The van der Waals surface area contributed by atoms with Crippen LogP contribution in [0.2, 0.25) is 5.02 Å². The summed E-state index contributed by atoms with van der Waals surface area (Å²) in [7, 11) is 2.14. The molecule has 3 fully saturated rings. The fourth-order valence-corrected chi connectivity index (χ4v) is 8.28. The van der Waals surface area contributed by atoms with E-state index in [1.165, 1.54) is 0 Å². The first-order valence-electron chi connectivity index (χ1n) is 16.9. The van der Waals surface area contributed by atoms with Gasteiger partial charge in [0.15, 0.2) is 0 Å². The lowest BCUT2D eigenvalue weighted by atomic mass is 9.97. The number of piperazine rings is 1. The molecule has 5 heterocycles. The summed E-state index contributed by atoms with van der Waals surface area (Å²) in [4.78, 5) is 32.5. The number of likely N-dealkylation sites (N-methyl/N-ethyl adjacent to an activating group) is 1. The number of ether oxygens (including phenoxy) is 2. The Morgan fingerprint density at radius 3 is 2.66 bits per heavy atom. The van der Waals surface area contributed by atoms with Crippen molar-refractivity contribution < 1.29 is 14.3 Å². The molecular weight excluding hydrogens is 614 g/mol. The van der Waals surface area contributed by atoms with Crippen molar-refractivity contribution in [2.45, 2.75) is 83.1 Å². The van der Waals surface area contributed by atoms with Crippen molar-refractivity contribution in [3.63, 3.8) is 0 Å². The summed E-state index contributed by atoms with van der Waals surface area (Å²) < 4.78 is 12.2. The Labute approximate surface area is 282 Å². The average Bonchev–Trinajstić information content (AvgIpc) is 3.55. The van der Waals surface area contributed by atoms with E-state index in [0.717, 1.165) is 77.3 Å². The summed E-state index contributed by atoms with van der Waals surface area (Å²) in [6.07, 6.45) is 3.90. The third-order valence-corrected chi connectivity index (χ3v) is 10.6. The molecule has 4 aliphatic rings. The highest BCUT2D eigenvalue weighted by molar-refractivity contribution is 6.36. The van der Waals surface area contributed by atoms with Gasteiger partial charge in [0, 0.05) is 48.7 Å². The second kappa shape index (κ2) is 12.7. The van der Waals surface area contributed by atoms with Crippen molar-refractivity contribution in [2.24, 2.45) is 5.92 Å². The highest BCUT2D eigenvalue weighted by Crippen LogP contribution is 2.42. The van der Waals surface area contributed by atoms with E-state index < -0.39 is 5.60 Å². The largest absolute Gasteiger partial charge is 0.462 e. The summed E-state index contributed by atoms with van der Waals surface area (Å²) in [6.45, 7) is 9.89. The van der Waals surface area contributed by atoms with Crippen LogP contribution in [0.15, 0.2) is 36.4 Å². The Bertz CT molecular complexity index is 1700. The van der Waals surface area contributed by atoms with Crippen LogP contribution < -0.4 is 14.5 Å². The van der Waals surface area contributed by atoms with Gasteiger partial charge in [-0.25, -0.2) is 4.79 Å². The number of carbonyl (C=O) groups excluding carboxylic acids is 1. The van der Waals surface area contributed by atoms with Crippen molar-refractivity contribution in [1.29, 1.82) is 5.26 Å². The van der Waals surface area contributed by atoms with Crippen LogP contribution in [-0.4, -0.2) is 89.4 Å². The molecule has 4 atom stereocenters. The van der Waals surface area contributed by atoms with Gasteiger partial charge in [-0.1, -0.05) is 35.9 Å². The molecule has 1 amide bonds. The molecule has 3 aromatic rings. The van der Waals surface area contributed by atoms with Crippen LogP contribution in [0.25, 0.3) is 10.8 Å². The van der Waals surface area contributed by atoms with Gasteiger partial charge in [0.05, 0.1) is 35.4 Å². The van der Waals surface area contributed by atoms with Gasteiger partial charge >= 0.3 is 12.1 Å². The van der Waals surface area contributed by atoms with E-state index in [9.17, 15) is 10.1 Å². The van der Waals surface area contributed by atoms with Crippen molar-refractivity contribution in [2.75, 3.05) is 49.6 Å². The van der Waals surface area contributed by atoms with Crippen molar-refractivity contribution in [3.05, 3.63) is 52.7 Å². The molecule has 7 rings (SSSR count). The molecule has 0 unspecified atom stereocenters. The number of nitriles is 1. The minimum atomic E-state index is -0.593. The lowest BCUT2D eigenvalue weighted by Gasteiger charge is -2.43. The first-order valence-corrected chi connectivity index (χ1v) is 17.3. The normalized spacial score (nSPS) is 24.4. The topological polar surface area (TPSA) is 98.1 Å². The Morgan fingerprint density at radius 2 is 1.91 bits per heavy atom. The van der Waals surface area contributed by atoms with E-state index in [-0.39, 0.29) is 24.1 Å². The van der Waals surface area contributed by atoms with E-state index in [1.54, 1.807) is 0 Å². The molecule has 2 aromatic carbocycles. The number of nitrogens with zero attached hydrogens (tertiary/aromatic N) is 7. The van der Waals surface area contributed by atoms with Gasteiger partial charge in [-0.15, -0.1) is 0 Å². The number of fused-ring (bicyclic) bond motifs is 4. The van der Waals surface area contributed by atoms with Crippen LogP contribution in [0.4, 0.5) is 16.3 Å². The Hall–Kier alpha value is -3.81. The highest BCUT2D eigenvalue weighted by Gasteiger charge is 2.50. The minimum Gasteiger partial charge on any atom is -0.462 e. The zero-order chi connectivity index (χ0) is 32.9. The molecular formula is C36H44ClN7O3. The van der Waals surface area contributed by atoms with E-state index in [1.807, 2.05) is 37.8 Å². The molecule has 47 heavy (non-hydrogen) atoms. The summed E-state index contributed by atoms with van der Waals surface area (Å²) >= 11 is 6.75. The number of halogens is 1. The molecule has 0 saturated carbocycles.